The maximum atomic E-state index is 11.6. The smallest absolute Gasteiger partial charge is 0.407 e. The zero-order valence-corrected chi connectivity index (χ0v) is 15.5. The number of carbonyl (C=O) groups is 2. The third-order valence-electron chi connectivity index (χ3n) is 3.23. The van der Waals surface area contributed by atoms with Crippen molar-refractivity contribution in [3.8, 4) is 0 Å². The Morgan fingerprint density at radius 2 is 2.08 bits per heavy atom. The van der Waals surface area contributed by atoms with Crippen molar-refractivity contribution in [2.45, 2.75) is 39.8 Å². The number of fused-ring (bicyclic) bond motifs is 1. The minimum atomic E-state index is -0.530. The molecular formula is C18H24N4O4. The molecule has 0 aliphatic heterocycles. The first kappa shape index (κ1) is 19.4. The molecule has 0 aliphatic rings. The Morgan fingerprint density at radius 3 is 2.77 bits per heavy atom. The van der Waals surface area contributed by atoms with Gasteiger partial charge in [-0.1, -0.05) is 11.3 Å². The van der Waals surface area contributed by atoms with Crippen LogP contribution in [0.1, 0.15) is 33.3 Å². The van der Waals surface area contributed by atoms with Crippen molar-refractivity contribution in [2.75, 3.05) is 13.2 Å². The fourth-order valence-corrected chi connectivity index (χ4v) is 2.19. The van der Waals surface area contributed by atoms with E-state index in [0.717, 1.165) is 11.1 Å². The summed E-state index contributed by atoms with van der Waals surface area (Å²) in [7, 11) is 0. The van der Waals surface area contributed by atoms with Crippen molar-refractivity contribution < 1.29 is 19.1 Å². The van der Waals surface area contributed by atoms with Gasteiger partial charge in [-0.3, -0.25) is 0 Å². The van der Waals surface area contributed by atoms with Gasteiger partial charge in [0.25, 0.3) is 0 Å². The van der Waals surface area contributed by atoms with E-state index in [9.17, 15) is 9.59 Å². The van der Waals surface area contributed by atoms with Crippen molar-refractivity contribution >= 4 is 29.2 Å². The number of alkyl carbamates (subject to hydrolysis) is 1. The fourth-order valence-electron chi connectivity index (χ4n) is 2.19. The van der Waals surface area contributed by atoms with Gasteiger partial charge in [-0.2, -0.15) is 0 Å². The van der Waals surface area contributed by atoms with E-state index in [1.807, 2.05) is 39.0 Å². The van der Waals surface area contributed by atoms with Gasteiger partial charge >= 0.3 is 12.1 Å². The average molecular weight is 360 g/mol. The SMILES string of the molecule is CCOC(=O)/C=C/c1ccc2c(c1)nnn2CCNC(=O)OC(C)(C)C. The van der Waals surface area contributed by atoms with Crippen molar-refractivity contribution in [2.24, 2.45) is 0 Å². The molecule has 26 heavy (non-hydrogen) atoms. The van der Waals surface area contributed by atoms with Crippen LogP contribution in [0.4, 0.5) is 4.79 Å². The number of rotatable bonds is 6. The lowest BCUT2D eigenvalue weighted by Crippen LogP contribution is -2.34. The van der Waals surface area contributed by atoms with Gasteiger partial charge in [-0.25, -0.2) is 14.3 Å². The lowest BCUT2D eigenvalue weighted by molar-refractivity contribution is -0.137. The predicted molar refractivity (Wildman–Crippen MR) is 97.4 cm³/mol. The molecule has 0 unspecified atom stereocenters. The molecular weight excluding hydrogens is 336 g/mol. The number of esters is 1. The maximum Gasteiger partial charge on any atom is 0.407 e. The van der Waals surface area contributed by atoms with Crippen LogP contribution in [0.3, 0.4) is 0 Å². The molecule has 0 atom stereocenters. The highest BCUT2D eigenvalue weighted by molar-refractivity contribution is 5.88. The number of benzene rings is 1. The van der Waals surface area contributed by atoms with Crippen LogP contribution in [0.25, 0.3) is 17.1 Å². The molecule has 1 amide bonds. The average Bonchev–Trinajstić information content (AvgIpc) is 2.94. The van der Waals surface area contributed by atoms with Crippen LogP contribution >= 0.6 is 0 Å². The van der Waals surface area contributed by atoms with Crippen LogP contribution in [-0.2, 0) is 20.8 Å². The second-order valence-corrected chi connectivity index (χ2v) is 6.57. The molecule has 0 fully saturated rings. The molecule has 0 bridgehead atoms. The van der Waals surface area contributed by atoms with Crippen molar-refractivity contribution in [3.63, 3.8) is 0 Å². The number of hydrogen-bond donors (Lipinski definition) is 1. The Hall–Kier alpha value is -2.90. The van der Waals surface area contributed by atoms with Crippen LogP contribution in [0.5, 0.6) is 0 Å². The summed E-state index contributed by atoms with van der Waals surface area (Å²) in [4.78, 5) is 23.0. The monoisotopic (exact) mass is 360 g/mol. The summed E-state index contributed by atoms with van der Waals surface area (Å²) in [6.07, 6.45) is 2.58. The lowest BCUT2D eigenvalue weighted by atomic mass is 10.2. The van der Waals surface area contributed by atoms with Crippen LogP contribution < -0.4 is 5.32 Å². The van der Waals surface area contributed by atoms with Crippen LogP contribution in [0.15, 0.2) is 24.3 Å². The predicted octanol–water partition coefficient (Wildman–Crippen LogP) is 2.53. The summed E-state index contributed by atoms with van der Waals surface area (Å²) in [6, 6.07) is 5.56. The van der Waals surface area contributed by atoms with Gasteiger partial charge in [0.1, 0.15) is 11.1 Å². The summed E-state index contributed by atoms with van der Waals surface area (Å²) in [6.45, 7) is 8.37. The normalized spacial score (nSPS) is 11.7. The van der Waals surface area contributed by atoms with Crippen molar-refractivity contribution in [1.29, 1.82) is 0 Å². The molecule has 2 rings (SSSR count). The molecule has 0 radical (unpaired) electrons. The first-order chi connectivity index (χ1) is 12.3. The number of nitrogens with zero attached hydrogens (tertiary/aromatic N) is 3. The van der Waals surface area contributed by atoms with Gasteiger partial charge < -0.3 is 14.8 Å². The molecule has 1 N–H and O–H groups in total. The Bertz CT molecular complexity index is 805. The second kappa shape index (κ2) is 8.46. The minimum absolute atomic E-state index is 0.341. The van der Waals surface area contributed by atoms with Crippen LogP contribution in [-0.4, -0.2) is 45.8 Å². The fraction of sp³-hybridized carbons (Fsp3) is 0.444. The number of amides is 1. The molecule has 140 valence electrons. The van der Waals surface area contributed by atoms with Crippen molar-refractivity contribution in [3.05, 3.63) is 29.8 Å². The van der Waals surface area contributed by atoms with Gasteiger partial charge in [0.05, 0.1) is 18.7 Å². The molecule has 1 heterocycles. The molecule has 1 aromatic carbocycles. The highest BCUT2D eigenvalue weighted by atomic mass is 16.6. The van der Waals surface area contributed by atoms with E-state index in [1.54, 1.807) is 17.7 Å². The van der Waals surface area contributed by atoms with Gasteiger partial charge in [-0.15, -0.1) is 5.10 Å². The highest BCUT2D eigenvalue weighted by Crippen LogP contribution is 2.14. The molecule has 2 aromatic rings. The first-order valence-electron chi connectivity index (χ1n) is 8.43. The first-order valence-corrected chi connectivity index (χ1v) is 8.43. The molecule has 1 aromatic heterocycles. The number of aromatic nitrogens is 3. The Balaban J connectivity index is 1.96. The van der Waals surface area contributed by atoms with E-state index >= 15 is 0 Å². The zero-order valence-electron chi connectivity index (χ0n) is 15.5. The van der Waals surface area contributed by atoms with Gasteiger partial charge in [0, 0.05) is 12.6 Å². The molecule has 8 heteroatoms. The Kier molecular flexibility index (Phi) is 6.32. The summed E-state index contributed by atoms with van der Waals surface area (Å²) < 4.78 is 11.7. The highest BCUT2D eigenvalue weighted by Gasteiger charge is 2.15. The van der Waals surface area contributed by atoms with Gasteiger partial charge in [0.2, 0.25) is 0 Å². The lowest BCUT2D eigenvalue weighted by Gasteiger charge is -2.19. The Labute approximate surface area is 152 Å². The van der Waals surface area contributed by atoms with E-state index in [0.29, 0.717) is 25.2 Å². The van der Waals surface area contributed by atoms with Crippen molar-refractivity contribution in [1.82, 2.24) is 20.3 Å². The zero-order chi connectivity index (χ0) is 19.2. The molecule has 0 spiro atoms. The van der Waals surface area contributed by atoms with Crippen LogP contribution in [0.2, 0.25) is 0 Å². The molecule has 0 saturated carbocycles. The van der Waals surface area contributed by atoms with E-state index in [1.165, 1.54) is 6.08 Å². The number of hydrogen-bond acceptors (Lipinski definition) is 6. The third-order valence-corrected chi connectivity index (χ3v) is 3.23. The number of ether oxygens (including phenoxy) is 2. The summed E-state index contributed by atoms with van der Waals surface area (Å²) in [5.41, 5.74) is 1.83. The maximum absolute atomic E-state index is 11.6. The Morgan fingerprint density at radius 1 is 1.31 bits per heavy atom. The van der Waals surface area contributed by atoms with Gasteiger partial charge in [0.15, 0.2) is 0 Å². The van der Waals surface area contributed by atoms with E-state index in [2.05, 4.69) is 15.6 Å². The molecule has 8 nitrogen and oxygen atoms in total. The van der Waals surface area contributed by atoms with E-state index < -0.39 is 11.7 Å². The second-order valence-electron chi connectivity index (χ2n) is 6.57. The largest absolute Gasteiger partial charge is 0.463 e. The summed E-state index contributed by atoms with van der Waals surface area (Å²) in [5.74, 6) is -0.385. The molecule has 0 aliphatic carbocycles. The number of carbonyl (C=O) groups excluding carboxylic acids is 2. The van der Waals surface area contributed by atoms with Gasteiger partial charge in [-0.05, 0) is 51.5 Å². The summed E-state index contributed by atoms with van der Waals surface area (Å²) in [5, 5.41) is 10.9. The minimum Gasteiger partial charge on any atom is -0.463 e. The summed E-state index contributed by atoms with van der Waals surface area (Å²) >= 11 is 0. The van der Waals surface area contributed by atoms with E-state index in [-0.39, 0.29) is 5.97 Å². The third kappa shape index (κ3) is 5.87. The topological polar surface area (TPSA) is 95.3 Å². The molecule has 0 saturated heterocycles. The van der Waals surface area contributed by atoms with E-state index in [4.69, 9.17) is 9.47 Å². The number of nitrogens with one attached hydrogen (secondary N) is 1. The standard InChI is InChI=1S/C18H24N4O4/c1-5-25-16(23)9-7-13-6-8-15-14(12-13)20-21-22(15)11-10-19-17(24)26-18(2,3)4/h6-9,12H,5,10-11H2,1-4H3,(H,19,24)/b9-7+. The quantitative estimate of drug-likeness (QED) is 0.628. The van der Waals surface area contributed by atoms with Crippen LogP contribution in [0, 0.1) is 0 Å².